The molecule has 2 rings (SSSR count). The molecule has 1 aromatic heterocycles. The second-order valence-electron chi connectivity index (χ2n) is 4.40. The lowest BCUT2D eigenvalue weighted by atomic mass is 10.2. The minimum absolute atomic E-state index is 0.163. The Hall–Kier alpha value is -2.43. The summed E-state index contributed by atoms with van der Waals surface area (Å²) in [5.41, 5.74) is 1.35. The molecule has 0 aliphatic heterocycles. The molecule has 0 saturated heterocycles. The maximum Gasteiger partial charge on any atom is 0.257 e. The number of anilines is 2. The molecular formula is C15H16FN3O. The second-order valence-corrected chi connectivity index (χ2v) is 4.40. The van der Waals surface area contributed by atoms with E-state index in [4.69, 9.17) is 0 Å². The number of halogens is 1. The van der Waals surface area contributed by atoms with E-state index in [1.165, 1.54) is 12.3 Å². The molecule has 2 aromatic rings. The molecule has 0 aliphatic carbocycles. The number of benzene rings is 1. The fourth-order valence-corrected chi connectivity index (χ4v) is 1.73. The molecule has 0 atom stereocenters. The van der Waals surface area contributed by atoms with Gasteiger partial charge in [0.2, 0.25) is 0 Å². The lowest BCUT2D eigenvalue weighted by molar-refractivity contribution is 0.102. The van der Waals surface area contributed by atoms with E-state index in [-0.39, 0.29) is 11.6 Å². The van der Waals surface area contributed by atoms with E-state index < -0.39 is 5.82 Å². The van der Waals surface area contributed by atoms with Crippen LogP contribution in [0.5, 0.6) is 0 Å². The fraction of sp³-hybridized carbons (Fsp3) is 0.200. The van der Waals surface area contributed by atoms with E-state index in [1.807, 2.05) is 6.92 Å². The standard InChI is InChI=1S/C15H16FN3O/c1-3-17-14-7-5-11(9-18-14)15(20)19-13-6-4-10(2)8-12(13)16/h4-9H,3H2,1-2H3,(H,17,18)(H,19,20). The van der Waals surface area contributed by atoms with Crippen LogP contribution in [0, 0.1) is 12.7 Å². The Balaban J connectivity index is 2.11. The minimum atomic E-state index is -0.449. The van der Waals surface area contributed by atoms with Crippen LogP contribution in [0.1, 0.15) is 22.8 Å². The van der Waals surface area contributed by atoms with Crippen molar-refractivity contribution in [1.82, 2.24) is 4.98 Å². The molecule has 104 valence electrons. The zero-order valence-electron chi connectivity index (χ0n) is 11.4. The summed E-state index contributed by atoms with van der Waals surface area (Å²) < 4.78 is 13.7. The van der Waals surface area contributed by atoms with E-state index in [9.17, 15) is 9.18 Å². The number of hydrogen-bond acceptors (Lipinski definition) is 3. The van der Waals surface area contributed by atoms with Crippen molar-refractivity contribution in [2.45, 2.75) is 13.8 Å². The molecule has 0 saturated carbocycles. The third-order valence-electron chi connectivity index (χ3n) is 2.76. The predicted octanol–water partition coefficient (Wildman–Crippen LogP) is 3.21. The summed E-state index contributed by atoms with van der Waals surface area (Å²) in [5.74, 6) is -0.135. The first-order chi connectivity index (χ1) is 9.60. The molecule has 0 spiro atoms. The highest BCUT2D eigenvalue weighted by Crippen LogP contribution is 2.16. The molecule has 2 N–H and O–H groups in total. The summed E-state index contributed by atoms with van der Waals surface area (Å²) in [5, 5.41) is 5.57. The number of nitrogens with one attached hydrogen (secondary N) is 2. The first kappa shape index (κ1) is 14.0. The highest BCUT2D eigenvalue weighted by Gasteiger charge is 2.09. The largest absolute Gasteiger partial charge is 0.370 e. The molecule has 0 unspecified atom stereocenters. The molecular weight excluding hydrogens is 257 g/mol. The van der Waals surface area contributed by atoms with E-state index in [1.54, 1.807) is 31.2 Å². The maximum absolute atomic E-state index is 13.7. The molecule has 0 bridgehead atoms. The van der Waals surface area contributed by atoms with Crippen LogP contribution in [0.2, 0.25) is 0 Å². The number of amides is 1. The molecule has 1 heterocycles. The van der Waals surface area contributed by atoms with Gasteiger partial charge in [0.05, 0.1) is 11.3 Å². The van der Waals surface area contributed by atoms with Crippen LogP contribution in [0.4, 0.5) is 15.9 Å². The van der Waals surface area contributed by atoms with Gasteiger partial charge < -0.3 is 10.6 Å². The van der Waals surface area contributed by atoms with Gasteiger partial charge in [-0.25, -0.2) is 9.37 Å². The van der Waals surface area contributed by atoms with Gasteiger partial charge in [-0.1, -0.05) is 6.07 Å². The summed E-state index contributed by atoms with van der Waals surface area (Å²) in [6.45, 7) is 4.51. The number of carbonyl (C=O) groups excluding carboxylic acids is 1. The van der Waals surface area contributed by atoms with Crippen LogP contribution in [-0.2, 0) is 0 Å². The summed E-state index contributed by atoms with van der Waals surface area (Å²) >= 11 is 0. The van der Waals surface area contributed by atoms with Gasteiger partial charge in [-0.3, -0.25) is 4.79 Å². The quantitative estimate of drug-likeness (QED) is 0.899. The molecule has 5 heteroatoms. The molecule has 0 radical (unpaired) electrons. The maximum atomic E-state index is 13.7. The summed E-state index contributed by atoms with van der Waals surface area (Å²) in [6, 6.07) is 8.02. The Morgan fingerprint density at radius 2 is 2.10 bits per heavy atom. The van der Waals surface area contributed by atoms with E-state index in [0.29, 0.717) is 11.4 Å². The monoisotopic (exact) mass is 273 g/mol. The smallest absolute Gasteiger partial charge is 0.257 e. The highest BCUT2D eigenvalue weighted by atomic mass is 19.1. The van der Waals surface area contributed by atoms with Gasteiger partial charge in [-0.05, 0) is 43.7 Å². The summed E-state index contributed by atoms with van der Waals surface area (Å²) in [7, 11) is 0. The van der Waals surface area contributed by atoms with Crippen LogP contribution in [0.25, 0.3) is 0 Å². The molecule has 20 heavy (non-hydrogen) atoms. The molecule has 0 aliphatic rings. The van der Waals surface area contributed by atoms with Crippen LogP contribution >= 0.6 is 0 Å². The fourth-order valence-electron chi connectivity index (χ4n) is 1.73. The molecule has 0 fully saturated rings. The molecule has 4 nitrogen and oxygen atoms in total. The first-order valence-corrected chi connectivity index (χ1v) is 6.37. The van der Waals surface area contributed by atoms with Crippen molar-refractivity contribution >= 4 is 17.4 Å². The van der Waals surface area contributed by atoms with Crippen LogP contribution in [0.15, 0.2) is 36.5 Å². The lowest BCUT2D eigenvalue weighted by Gasteiger charge is -2.07. The van der Waals surface area contributed by atoms with Crippen LogP contribution in [0.3, 0.4) is 0 Å². The van der Waals surface area contributed by atoms with Crippen molar-refractivity contribution in [2.75, 3.05) is 17.2 Å². The van der Waals surface area contributed by atoms with Crippen LogP contribution in [-0.4, -0.2) is 17.4 Å². The van der Waals surface area contributed by atoms with Crippen molar-refractivity contribution in [2.24, 2.45) is 0 Å². The Labute approximate surface area is 117 Å². The lowest BCUT2D eigenvalue weighted by Crippen LogP contribution is -2.13. The number of carbonyl (C=O) groups is 1. The Morgan fingerprint density at radius 3 is 2.70 bits per heavy atom. The second kappa shape index (κ2) is 6.14. The number of nitrogens with zero attached hydrogens (tertiary/aromatic N) is 1. The van der Waals surface area contributed by atoms with Gasteiger partial charge >= 0.3 is 0 Å². The number of hydrogen-bond donors (Lipinski definition) is 2. The Kier molecular flexibility index (Phi) is 4.30. The topological polar surface area (TPSA) is 54.0 Å². The van der Waals surface area contributed by atoms with Crippen molar-refractivity contribution in [3.8, 4) is 0 Å². The zero-order chi connectivity index (χ0) is 14.5. The molecule has 1 aromatic carbocycles. The Bertz CT molecular complexity index is 611. The van der Waals surface area contributed by atoms with Crippen molar-refractivity contribution in [3.05, 3.63) is 53.5 Å². The third-order valence-corrected chi connectivity index (χ3v) is 2.76. The predicted molar refractivity (Wildman–Crippen MR) is 77.5 cm³/mol. The Morgan fingerprint density at radius 1 is 1.30 bits per heavy atom. The van der Waals surface area contributed by atoms with Gasteiger partial charge in [0.1, 0.15) is 11.6 Å². The number of aryl methyl sites for hydroxylation is 1. The normalized spacial score (nSPS) is 10.2. The minimum Gasteiger partial charge on any atom is -0.370 e. The zero-order valence-corrected chi connectivity index (χ0v) is 11.4. The van der Waals surface area contributed by atoms with Crippen molar-refractivity contribution in [1.29, 1.82) is 0 Å². The highest BCUT2D eigenvalue weighted by molar-refractivity contribution is 6.04. The number of aromatic nitrogens is 1. The third kappa shape index (κ3) is 3.32. The van der Waals surface area contributed by atoms with Gasteiger partial charge in [0.15, 0.2) is 0 Å². The van der Waals surface area contributed by atoms with Gasteiger partial charge in [-0.15, -0.1) is 0 Å². The number of rotatable bonds is 4. The summed E-state index contributed by atoms with van der Waals surface area (Å²) in [6.07, 6.45) is 1.46. The number of pyridine rings is 1. The van der Waals surface area contributed by atoms with Gasteiger partial charge in [0.25, 0.3) is 5.91 Å². The van der Waals surface area contributed by atoms with E-state index in [2.05, 4.69) is 15.6 Å². The van der Waals surface area contributed by atoms with Crippen LogP contribution < -0.4 is 10.6 Å². The van der Waals surface area contributed by atoms with E-state index in [0.717, 1.165) is 12.1 Å². The van der Waals surface area contributed by atoms with Crippen molar-refractivity contribution in [3.63, 3.8) is 0 Å². The van der Waals surface area contributed by atoms with Crippen molar-refractivity contribution < 1.29 is 9.18 Å². The first-order valence-electron chi connectivity index (χ1n) is 6.37. The average molecular weight is 273 g/mol. The average Bonchev–Trinajstić information content (AvgIpc) is 2.43. The molecule has 1 amide bonds. The van der Waals surface area contributed by atoms with E-state index >= 15 is 0 Å². The summed E-state index contributed by atoms with van der Waals surface area (Å²) in [4.78, 5) is 16.1. The van der Waals surface area contributed by atoms with Gasteiger partial charge in [-0.2, -0.15) is 0 Å². The van der Waals surface area contributed by atoms with Gasteiger partial charge in [0, 0.05) is 12.7 Å². The SMILES string of the molecule is CCNc1ccc(C(=O)Nc2ccc(C)cc2F)cn1.